The molecule has 0 N–H and O–H groups in total. The van der Waals surface area contributed by atoms with Gasteiger partial charge in [0.15, 0.2) is 6.29 Å². The average molecular weight is 537 g/mol. The molecule has 0 spiro atoms. The van der Waals surface area contributed by atoms with Crippen LogP contribution in [0.4, 0.5) is 5.69 Å². The maximum atomic E-state index is 14.0. The number of thiophene rings is 1. The molecule has 4 aromatic rings. The lowest BCUT2D eigenvalue weighted by Gasteiger charge is -2.28. The van der Waals surface area contributed by atoms with E-state index in [9.17, 15) is 18.0 Å². The maximum absolute atomic E-state index is 14.0. The van der Waals surface area contributed by atoms with Gasteiger partial charge in [-0.3, -0.25) is 14.1 Å². The number of carbonyl (C=O) groups excluding carboxylic acids is 2. The number of nitrogens with zero attached hydrogens (tertiary/aromatic N) is 2. The van der Waals surface area contributed by atoms with Crippen molar-refractivity contribution >= 4 is 39.3 Å². The third-order valence-corrected chi connectivity index (χ3v) is 8.48. The Kier molecular flexibility index (Phi) is 7.70. The zero-order valence-electron chi connectivity index (χ0n) is 20.4. The third-order valence-electron chi connectivity index (χ3n) is 5.74. The second-order valence-electron chi connectivity index (χ2n) is 8.05. The van der Waals surface area contributed by atoms with Crippen LogP contribution < -0.4 is 9.04 Å². The standard InChI is InChI=1S/C27H24N2O6S2/c1-18-13-21(26-20(17-30)10-12-36-26)14-24(27(31)35-3)25(18)29(16-19-5-4-11-28-15-19)37(32,33)23-8-6-22(34-2)7-9-23/h4-15,17H,16H2,1-3H3. The molecule has 0 atom stereocenters. The van der Waals surface area contributed by atoms with Crippen LogP contribution in [-0.4, -0.2) is 39.9 Å². The Morgan fingerprint density at radius 3 is 2.49 bits per heavy atom. The van der Waals surface area contributed by atoms with E-state index in [1.165, 1.54) is 42.0 Å². The van der Waals surface area contributed by atoms with E-state index in [0.717, 1.165) is 6.29 Å². The van der Waals surface area contributed by atoms with Crippen molar-refractivity contribution in [3.8, 4) is 16.2 Å². The number of carbonyl (C=O) groups is 2. The van der Waals surface area contributed by atoms with Crippen LogP contribution in [0.25, 0.3) is 10.4 Å². The first-order valence-electron chi connectivity index (χ1n) is 11.1. The summed E-state index contributed by atoms with van der Waals surface area (Å²) in [5, 5.41) is 1.78. The lowest BCUT2D eigenvalue weighted by Crippen LogP contribution is -2.33. The van der Waals surface area contributed by atoms with E-state index in [-0.39, 0.29) is 22.7 Å². The molecule has 2 aromatic carbocycles. The predicted octanol–water partition coefficient (Wildman–Crippen LogP) is 5.12. The van der Waals surface area contributed by atoms with Crippen LogP contribution >= 0.6 is 11.3 Å². The highest BCUT2D eigenvalue weighted by Gasteiger charge is 2.31. The molecule has 0 aliphatic carbocycles. The minimum absolute atomic E-state index is 0.0259. The summed E-state index contributed by atoms with van der Waals surface area (Å²) in [6, 6.07) is 14.5. The normalized spacial score (nSPS) is 11.1. The molecule has 0 unspecified atom stereocenters. The summed E-state index contributed by atoms with van der Waals surface area (Å²) in [6.45, 7) is 1.64. The molecule has 2 heterocycles. The molecule has 2 aromatic heterocycles. The topological polar surface area (TPSA) is 103 Å². The van der Waals surface area contributed by atoms with Gasteiger partial charge in [-0.15, -0.1) is 11.3 Å². The maximum Gasteiger partial charge on any atom is 0.340 e. The second kappa shape index (κ2) is 10.9. The quantitative estimate of drug-likeness (QED) is 0.216. The number of ether oxygens (including phenoxy) is 2. The second-order valence-corrected chi connectivity index (χ2v) is 10.8. The molecule has 0 aliphatic heterocycles. The number of aldehydes is 1. The number of hydrogen-bond acceptors (Lipinski definition) is 8. The van der Waals surface area contributed by atoms with Gasteiger partial charge < -0.3 is 9.47 Å². The molecule has 10 heteroatoms. The van der Waals surface area contributed by atoms with Gasteiger partial charge in [-0.25, -0.2) is 13.2 Å². The number of methoxy groups -OCH3 is 2. The largest absolute Gasteiger partial charge is 0.497 e. The van der Waals surface area contributed by atoms with E-state index in [2.05, 4.69) is 4.98 Å². The number of pyridine rings is 1. The number of anilines is 1. The van der Waals surface area contributed by atoms with E-state index < -0.39 is 16.0 Å². The summed E-state index contributed by atoms with van der Waals surface area (Å²) >= 11 is 1.35. The zero-order valence-corrected chi connectivity index (χ0v) is 22.0. The Bertz CT molecular complexity index is 1530. The number of hydrogen-bond donors (Lipinski definition) is 0. The molecule has 0 bridgehead atoms. The molecular weight excluding hydrogens is 512 g/mol. The van der Waals surface area contributed by atoms with Crippen molar-refractivity contribution in [3.05, 3.63) is 94.6 Å². The lowest BCUT2D eigenvalue weighted by atomic mass is 10.0. The molecule has 0 amide bonds. The SMILES string of the molecule is COC(=O)c1cc(-c2sccc2C=O)cc(C)c1N(Cc1cccnc1)S(=O)(=O)c1ccc(OC)cc1. The van der Waals surface area contributed by atoms with Crippen molar-refractivity contribution in [2.75, 3.05) is 18.5 Å². The first kappa shape index (κ1) is 26.1. The highest BCUT2D eigenvalue weighted by atomic mass is 32.2. The average Bonchev–Trinajstić information content (AvgIpc) is 3.41. The van der Waals surface area contributed by atoms with Gasteiger partial charge in [0.05, 0.1) is 36.9 Å². The number of aryl methyl sites for hydroxylation is 1. The van der Waals surface area contributed by atoms with Crippen molar-refractivity contribution < 1.29 is 27.5 Å². The molecule has 4 rings (SSSR count). The minimum atomic E-state index is -4.15. The number of aromatic nitrogens is 1. The fourth-order valence-corrected chi connectivity index (χ4v) is 6.36. The van der Waals surface area contributed by atoms with Crippen molar-refractivity contribution in [2.45, 2.75) is 18.4 Å². The fraction of sp³-hybridized carbons (Fsp3) is 0.148. The molecule has 8 nitrogen and oxygen atoms in total. The lowest BCUT2D eigenvalue weighted by molar-refractivity contribution is 0.0601. The monoisotopic (exact) mass is 536 g/mol. The van der Waals surface area contributed by atoms with Crippen molar-refractivity contribution in [1.82, 2.24) is 4.98 Å². The Hall–Kier alpha value is -4.02. The third kappa shape index (κ3) is 5.25. The number of rotatable bonds is 9. The van der Waals surface area contributed by atoms with Crippen molar-refractivity contribution in [3.63, 3.8) is 0 Å². The summed E-state index contributed by atoms with van der Waals surface area (Å²) in [5.74, 6) is -0.194. The van der Waals surface area contributed by atoms with Gasteiger partial charge in [0.2, 0.25) is 0 Å². The van der Waals surface area contributed by atoms with Gasteiger partial charge in [0, 0.05) is 22.8 Å². The van der Waals surface area contributed by atoms with E-state index in [1.807, 2.05) is 0 Å². The Morgan fingerprint density at radius 1 is 1.11 bits per heavy atom. The van der Waals surface area contributed by atoms with Crippen LogP contribution in [0, 0.1) is 6.92 Å². The minimum Gasteiger partial charge on any atom is -0.497 e. The number of sulfonamides is 1. The summed E-state index contributed by atoms with van der Waals surface area (Å²) in [4.78, 5) is 29.4. The van der Waals surface area contributed by atoms with Gasteiger partial charge in [-0.2, -0.15) is 0 Å². The van der Waals surface area contributed by atoms with Gasteiger partial charge in [0.25, 0.3) is 10.0 Å². The van der Waals surface area contributed by atoms with Crippen LogP contribution in [0.5, 0.6) is 5.75 Å². The van der Waals surface area contributed by atoms with Crippen LogP contribution in [-0.2, 0) is 21.3 Å². The first-order valence-corrected chi connectivity index (χ1v) is 13.4. The Balaban J connectivity index is 1.96. The first-order chi connectivity index (χ1) is 17.8. The zero-order chi connectivity index (χ0) is 26.6. The summed E-state index contributed by atoms with van der Waals surface area (Å²) < 4.78 is 39.5. The van der Waals surface area contributed by atoms with Crippen LogP contribution in [0.15, 0.2) is 77.3 Å². The van der Waals surface area contributed by atoms with E-state index in [1.54, 1.807) is 67.2 Å². The van der Waals surface area contributed by atoms with Crippen LogP contribution in [0.2, 0.25) is 0 Å². The van der Waals surface area contributed by atoms with Crippen LogP contribution in [0.1, 0.15) is 31.8 Å². The van der Waals surface area contributed by atoms with E-state index >= 15 is 0 Å². The van der Waals surface area contributed by atoms with Crippen molar-refractivity contribution in [2.24, 2.45) is 0 Å². The number of esters is 1. The molecule has 0 radical (unpaired) electrons. The highest BCUT2D eigenvalue weighted by Crippen LogP contribution is 2.38. The van der Waals surface area contributed by atoms with Crippen molar-refractivity contribution in [1.29, 1.82) is 0 Å². The molecule has 0 saturated carbocycles. The fourth-order valence-electron chi connectivity index (χ4n) is 3.97. The number of benzene rings is 2. The summed E-state index contributed by atoms with van der Waals surface area (Å²) in [5.41, 5.74) is 2.47. The van der Waals surface area contributed by atoms with Gasteiger partial charge >= 0.3 is 5.97 Å². The molecular formula is C27H24N2O6S2. The molecule has 0 fully saturated rings. The molecule has 190 valence electrons. The van der Waals surface area contributed by atoms with Crippen LogP contribution in [0.3, 0.4) is 0 Å². The Labute approximate surface area is 219 Å². The molecule has 0 aliphatic rings. The van der Waals surface area contributed by atoms with Gasteiger partial charge in [-0.05, 0) is 77.5 Å². The Morgan fingerprint density at radius 2 is 1.86 bits per heavy atom. The summed E-state index contributed by atoms with van der Waals surface area (Å²) in [7, 11) is -1.42. The smallest absolute Gasteiger partial charge is 0.340 e. The van der Waals surface area contributed by atoms with Gasteiger partial charge in [0.1, 0.15) is 5.75 Å². The van der Waals surface area contributed by atoms with E-state index in [0.29, 0.717) is 32.9 Å². The molecule has 0 saturated heterocycles. The van der Waals surface area contributed by atoms with Gasteiger partial charge in [-0.1, -0.05) is 6.07 Å². The van der Waals surface area contributed by atoms with E-state index in [4.69, 9.17) is 9.47 Å². The summed E-state index contributed by atoms with van der Waals surface area (Å²) in [6.07, 6.45) is 3.91. The highest BCUT2D eigenvalue weighted by molar-refractivity contribution is 7.92. The predicted molar refractivity (Wildman–Crippen MR) is 142 cm³/mol. The molecule has 37 heavy (non-hydrogen) atoms.